The quantitative estimate of drug-likeness (QED) is 0.821. The van der Waals surface area contributed by atoms with Crippen LogP contribution in [0.25, 0.3) is 0 Å². The van der Waals surface area contributed by atoms with Crippen molar-refractivity contribution in [3.8, 4) is 11.5 Å². The van der Waals surface area contributed by atoms with Crippen LogP contribution in [0.1, 0.15) is 25.3 Å². The molecule has 0 heterocycles. The molecule has 0 spiro atoms. The highest BCUT2D eigenvalue weighted by Crippen LogP contribution is 2.48. The van der Waals surface area contributed by atoms with Gasteiger partial charge < -0.3 is 15.2 Å². The maximum absolute atomic E-state index is 6.19. The van der Waals surface area contributed by atoms with Gasteiger partial charge in [0.1, 0.15) is 0 Å². The second kappa shape index (κ2) is 3.74. The standard InChI is InChI=1S/C12H17NO2/c1-3-15-11-9(12(13)7-8-12)5-4-6-10(11)14-2/h4-6H,3,7-8,13H2,1-2H3. The highest BCUT2D eigenvalue weighted by atomic mass is 16.5. The topological polar surface area (TPSA) is 44.5 Å². The Labute approximate surface area is 90.2 Å². The van der Waals surface area contributed by atoms with Crippen LogP contribution in [0.2, 0.25) is 0 Å². The fourth-order valence-electron chi connectivity index (χ4n) is 1.77. The average Bonchev–Trinajstić information content (AvgIpc) is 2.98. The summed E-state index contributed by atoms with van der Waals surface area (Å²) in [4.78, 5) is 0. The highest BCUT2D eigenvalue weighted by molar-refractivity contribution is 5.51. The van der Waals surface area contributed by atoms with Crippen LogP contribution in [0.5, 0.6) is 11.5 Å². The van der Waals surface area contributed by atoms with E-state index in [0.717, 1.165) is 29.9 Å². The predicted molar refractivity (Wildman–Crippen MR) is 59.3 cm³/mol. The first kappa shape index (κ1) is 10.3. The third-order valence-corrected chi connectivity index (χ3v) is 2.81. The van der Waals surface area contributed by atoms with Gasteiger partial charge in [-0.3, -0.25) is 0 Å². The second-order valence-electron chi connectivity index (χ2n) is 3.93. The number of hydrogen-bond donors (Lipinski definition) is 1. The molecule has 1 fully saturated rings. The van der Waals surface area contributed by atoms with E-state index in [9.17, 15) is 0 Å². The minimum atomic E-state index is -0.182. The van der Waals surface area contributed by atoms with Gasteiger partial charge in [0.15, 0.2) is 11.5 Å². The Morgan fingerprint density at radius 3 is 2.67 bits per heavy atom. The number of benzene rings is 1. The molecule has 82 valence electrons. The van der Waals surface area contributed by atoms with Gasteiger partial charge in [0, 0.05) is 11.1 Å². The maximum atomic E-state index is 6.19. The van der Waals surface area contributed by atoms with E-state index in [0.29, 0.717) is 6.61 Å². The van der Waals surface area contributed by atoms with Crippen molar-refractivity contribution in [2.24, 2.45) is 5.73 Å². The van der Waals surface area contributed by atoms with E-state index in [2.05, 4.69) is 0 Å². The Hall–Kier alpha value is -1.22. The van der Waals surface area contributed by atoms with E-state index < -0.39 is 0 Å². The lowest BCUT2D eigenvalue weighted by atomic mass is 10.0. The van der Waals surface area contributed by atoms with Gasteiger partial charge in [-0.15, -0.1) is 0 Å². The Bertz CT molecular complexity index is 359. The number of ether oxygens (including phenoxy) is 2. The molecule has 2 N–H and O–H groups in total. The van der Waals surface area contributed by atoms with Crippen LogP contribution in [0.3, 0.4) is 0 Å². The maximum Gasteiger partial charge on any atom is 0.166 e. The van der Waals surface area contributed by atoms with Gasteiger partial charge in [-0.25, -0.2) is 0 Å². The number of hydrogen-bond acceptors (Lipinski definition) is 3. The molecule has 0 amide bonds. The van der Waals surface area contributed by atoms with Crippen LogP contribution >= 0.6 is 0 Å². The summed E-state index contributed by atoms with van der Waals surface area (Å²) in [6.07, 6.45) is 2.06. The largest absolute Gasteiger partial charge is 0.493 e. The van der Waals surface area contributed by atoms with Gasteiger partial charge in [-0.2, -0.15) is 0 Å². The fourth-order valence-corrected chi connectivity index (χ4v) is 1.77. The van der Waals surface area contributed by atoms with E-state index >= 15 is 0 Å². The lowest BCUT2D eigenvalue weighted by Gasteiger charge is -2.17. The summed E-state index contributed by atoms with van der Waals surface area (Å²) in [7, 11) is 1.65. The van der Waals surface area contributed by atoms with Crippen molar-refractivity contribution in [3.05, 3.63) is 23.8 Å². The molecule has 1 aromatic carbocycles. The van der Waals surface area contributed by atoms with E-state index in [-0.39, 0.29) is 5.54 Å². The van der Waals surface area contributed by atoms with Gasteiger partial charge in [0.25, 0.3) is 0 Å². The van der Waals surface area contributed by atoms with Gasteiger partial charge in [-0.1, -0.05) is 12.1 Å². The zero-order valence-electron chi connectivity index (χ0n) is 9.25. The van der Waals surface area contributed by atoms with Crippen molar-refractivity contribution in [2.75, 3.05) is 13.7 Å². The molecular weight excluding hydrogens is 190 g/mol. The Morgan fingerprint density at radius 2 is 2.13 bits per heavy atom. The molecule has 1 aliphatic rings. The van der Waals surface area contributed by atoms with Crippen molar-refractivity contribution in [3.63, 3.8) is 0 Å². The van der Waals surface area contributed by atoms with Gasteiger partial charge in [0.2, 0.25) is 0 Å². The van der Waals surface area contributed by atoms with Gasteiger partial charge >= 0.3 is 0 Å². The zero-order chi connectivity index (χ0) is 10.9. The predicted octanol–water partition coefficient (Wildman–Crippen LogP) is 2.04. The van der Waals surface area contributed by atoms with Crippen molar-refractivity contribution in [1.82, 2.24) is 0 Å². The monoisotopic (exact) mass is 207 g/mol. The minimum Gasteiger partial charge on any atom is -0.493 e. The summed E-state index contributed by atoms with van der Waals surface area (Å²) < 4.78 is 10.9. The summed E-state index contributed by atoms with van der Waals surface area (Å²) in [5, 5.41) is 0. The lowest BCUT2D eigenvalue weighted by molar-refractivity contribution is 0.305. The molecule has 3 nitrogen and oxygen atoms in total. The first-order valence-electron chi connectivity index (χ1n) is 5.30. The Balaban J connectivity index is 2.43. The number of methoxy groups -OCH3 is 1. The molecule has 3 heteroatoms. The molecular formula is C12H17NO2. The average molecular weight is 207 g/mol. The molecule has 0 aliphatic heterocycles. The molecule has 15 heavy (non-hydrogen) atoms. The Morgan fingerprint density at radius 1 is 1.40 bits per heavy atom. The fraction of sp³-hybridized carbons (Fsp3) is 0.500. The number of rotatable bonds is 4. The molecule has 0 saturated heterocycles. The van der Waals surface area contributed by atoms with Crippen LogP contribution in [-0.2, 0) is 5.54 Å². The molecule has 0 atom stereocenters. The minimum absolute atomic E-state index is 0.182. The molecule has 0 bridgehead atoms. The number of para-hydroxylation sites is 1. The van der Waals surface area contributed by atoms with Crippen molar-refractivity contribution in [1.29, 1.82) is 0 Å². The third-order valence-electron chi connectivity index (χ3n) is 2.81. The second-order valence-corrected chi connectivity index (χ2v) is 3.93. The van der Waals surface area contributed by atoms with Crippen molar-refractivity contribution < 1.29 is 9.47 Å². The van der Waals surface area contributed by atoms with Crippen molar-refractivity contribution in [2.45, 2.75) is 25.3 Å². The zero-order valence-corrected chi connectivity index (χ0v) is 9.25. The van der Waals surface area contributed by atoms with E-state index in [4.69, 9.17) is 15.2 Å². The van der Waals surface area contributed by atoms with E-state index in [1.54, 1.807) is 7.11 Å². The lowest BCUT2D eigenvalue weighted by Crippen LogP contribution is -2.20. The molecule has 1 aliphatic carbocycles. The van der Waals surface area contributed by atoms with Crippen LogP contribution in [0, 0.1) is 0 Å². The Kier molecular flexibility index (Phi) is 2.57. The SMILES string of the molecule is CCOc1c(OC)cccc1C1(N)CC1. The normalized spacial score (nSPS) is 17.3. The molecule has 0 unspecified atom stereocenters. The molecule has 1 aromatic rings. The first-order valence-corrected chi connectivity index (χ1v) is 5.30. The summed E-state index contributed by atoms with van der Waals surface area (Å²) in [6.45, 7) is 2.59. The van der Waals surface area contributed by atoms with Crippen LogP contribution in [0.15, 0.2) is 18.2 Å². The highest BCUT2D eigenvalue weighted by Gasteiger charge is 2.42. The molecule has 2 rings (SSSR count). The van der Waals surface area contributed by atoms with Crippen LogP contribution < -0.4 is 15.2 Å². The van der Waals surface area contributed by atoms with Gasteiger partial charge in [0.05, 0.1) is 13.7 Å². The smallest absolute Gasteiger partial charge is 0.166 e. The summed E-state index contributed by atoms with van der Waals surface area (Å²) in [5.41, 5.74) is 7.08. The van der Waals surface area contributed by atoms with Crippen LogP contribution in [-0.4, -0.2) is 13.7 Å². The third kappa shape index (κ3) is 1.79. The van der Waals surface area contributed by atoms with E-state index in [1.807, 2.05) is 25.1 Å². The summed E-state index contributed by atoms with van der Waals surface area (Å²) >= 11 is 0. The van der Waals surface area contributed by atoms with Crippen LogP contribution in [0.4, 0.5) is 0 Å². The van der Waals surface area contributed by atoms with Crippen molar-refractivity contribution >= 4 is 0 Å². The molecule has 0 aromatic heterocycles. The van der Waals surface area contributed by atoms with Gasteiger partial charge in [-0.05, 0) is 25.8 Å². The first-order chi connectivity index (χ1) is 7.21. The number of nitrogens with two attached hydrogens (primary N) is 1. The molecule has 0 radical (unpaired) electrons. The summed E-state index contributed by atoms with van der Waals surface area (Å²) in [5.74, 6) is 1.58. The molecule has 1 saturated carbocycles. The summed E-state index contributed by atoms with van der Waals surface area (Å²) in [6, 6.07) is 5.89. The van der Waals surface area contributed by atoms with E-state index in [1.165, 1.54) is 0 Å².